The highest BCUT2D eigenvalue weighted by Crippen LogP contribution is 2.16. The normalized spacial score (nSPS) is 11.4. The van der Waals surface area contributed by atoms with Gasteiger partial charge in [0, 0.05) is 19.7 Å². The molecule has 8 nitrogen and oxygen atoms in total. The van der Waals surface area contributed by atoms with Crippen LogP contribution in [0, 0.1) is 12.8 Å². The fourth-order valence-corrected chi connectivity index (χ4v) is 2.81. The molecule has 0 aromatic carbocycles. The summed E-state index contributed by atoms with van der Waals surface area (Å²) in [6.07, 6.45) is 3.81. The Kier molecular flexibility index (Phi) is 4.92. The van der Waals surface area contributed by atoms with Crippen molar-refractivity contribution >= 4 is 17.1 Å². The molecule has 26 heavy (non-hydrogen) atoms. The lowest BCUT2D eigenvalue weighted by atomic mass is 10.1. The van der Waals surface area contributed by atoms with E-state index in [0.29, 0.717) is 40.8 Å². The Labute approximate surface area is 150 Å². The van der Waals surface area contributed by atoms with E-state index in [1.807, 2.05) is 0 Å². The summed E-state index contributed by atoms with van der Waals surface area (Å²) in [5.41, 5.74) is 1.86. The maximum absolute atomic E-state index is 13.0. The number of fused-ring (bicyclic) bond motifs is 1. The van der Waals surface area contributed by atoms with Crippen LogP contribution in [0.5, 0.6) is 0 Å². The van der Waals surface area contributed by atoms with Gasteiger partial charge in [-0.25, -0.2) is 19.6 Å². The minimum atomic E-state index is -0.495. The molecule has 0 saturated carbocycles. The minimum absolute atomic E-state index is 0.184. The van der Waals surface area contributed by atoms with Crippen LogP contribution < -0.4 is 5.69 Å². The lowest BCUT2D eigenvalue weighted by Crippen LogP contribution is -2.25. The maximum Gasteiger partial charge on any atom is 0.339 e. The van der Waals surface area contributed by atoms with Gasteiger partial charge in [0.15, 0.2) is 11.5 Å². The van der Waals surface area contributed by atoms with Crippen molar-refractivity contribution in [1.82, 2.24) is 19.1 Å². The van der Waals surface area contributed by atoms with Gasteiger partial charge in [-0.15, -0.1) is 0 Å². The van der Waals surface area contributed by atoms with Crippen LogP contribution in [-0.4, -0.2) is 32.2 Å². The molecule has 3 aromatic heterocycles. The van der Waals surface area contributed by atoms with Crippen LogP contribution in [0.2, 0.25) is 0 Å². The molecule has 0 spiro atoms. The van der Waals surface area contributed by atoms with E-state index in [4.69, 9.17) is 9.15 Å². The zero-order valence-corrected chi connectivity index (χ0v) is 15.4. The van der Waals surface area contributed by atoms with E-state index in [-0.39, 0.29) is 12.2 Å². The van der Waals surface area contributed by atoms with Crippen molar-refractivity contribution in [3.8, 4) is 0 Å². The SMILES string of the molecule is COC(=O)c1cnc2c(c1)n(Cc1coc(C)n1)c(=O)n2CCC(C)C. The first-order valence-corrected chi connectivity index (χ1v) is 8.49. The Balaban J connectivity index is 2.13. The number of pyridine rings is 1. The second kappa shape index (κ2) is 7.15. The number of rotatable bonds is 6. The van der Waals surface area contributed by atoms with Crippen molar-refractivity contribution < 1.29 is 13.9 Å². The third kappa shape index (κ3) is 3.40. The van der Waals surface area contributed by atoms with Gasteiger partial charge in [-0.2, -0.15) is 0 Å². The van der Waals surface area contributed by atoms with Crippen molar-refractivity contribution in [2.24, 2.45) is 5.92 Å². The van der Waals surface area contributed by atoms with Crippen LogP contribution in [0.3, 0.4) is 0 Å². The molecule has 0 saturated heterocycles. The molecule has 3 rings (SSSR count). The molecule has 8 heteroatoms. The van der Waals surface area contributed by atoms with E-state index in [1.54, 1.807) is 22.1 Å². The molecule has 0 aliphatic carbocycles. The summed E-state index contributed by atoms with van der Waals surface area (Å²) in [7, 11) is 1.31. The molecule has 0 N–H and O–H groups in total. The number of ether oxygens (including phenoxy) is 1. The molecule has 0 aliphatic rings. The highest BCUT2D eigenvalue weighted by Gasteiger charge is 2.18. The summed E-state index contributed by atoms with van der Waals surface area (Å²) >= 11 is 0. The predicted molar refractivity (Wildman–Crippen MR) is 95.1 cm³/mol. The quantitative estimate of drug-likeness (QED) is 0.628. The Hall–Kier alpha value is -2.90. The minimum Gasteiger partial charge on any atom is -0.465 e. The average molecular weight is 358 g/mol. The number of aromatic nitrogens is 4. The molecular weight excluding hydrogens is 336 g/mol. The number of nitrogens with zero attached hydrogens (tertiary/aromatic N) is 4. The fraction of sp³-hybridized carbons (Fsp3) is 0.444. The summed E-state index contributed by atoms with van der Waals surface area (Å²) in [4.78, 5) is 33.4. The molecule has 0 unspecified atom stereocenters. The van der Waals surface area contributed by atoms with Gasteiger partial charge >= 0.3 is 11.7 Å². The number of imidazole rings is 1. The fourth-order valence-electron chi connectivity index (χ4n) is 2.81. The van der Waals surface area contributed by atoms with Gasteiger partial charge in [0.2, 0.25) is 0 Å². The second-order valence-corrected chi connectivity index (χ2v) is 6.62. The Morgan fingerprint density at radius 3 is 2.73 bits per heavy atom. The highest BCUT2D eigenvalue weighted by atomic mass is 16.5. The van der Waals surface area contributed by atoms with E-state index >= 15 is 0 Å². The van der Waals surface area contributed by atoms with E-state index in [9.17, 15) is 9.59 Å². The molecular formula is C18H22N4O4. The summed E-state index contributed by atoms with van der Waals surface area (Å²) < 4.78 is 13.2. The van der Waals surface area contributed by atoms with E-state index < -0.39 is 5.97 Å². The molecule has 0 fully saturated rings. The number of hydrogen-bond acceptors (Lipinski definition) is 6. The topological polar surface area (TPSA) is 92.2 Å². The molecule has 0 aliphatic heterocycles. The number of carbonyl (C=O) groups is 1. The third-order valence-corrected chi connectivity index (χ3v) is 4.19. The van der Waals surface area contributed by atoms with E-state index in [1.165, 1.54) is 19.6 Å². The van der Waals surface area contributed by atoms with Gasteiger partial charge in [0.1, 0.15) is 6.26 Å². The van der Waals surface area contributed by atoms with Crippen molar-refractivity contribution in [3.63, 3.8) is 0 Å². The Morgan fingerprint density at radius 2 is 2.12 bits per heavy atom. The van der Waals surface area contributed by atoms with Crippen LogP contribution in [0.1, 0.15) is 42.2 Å². The van der Waals surface area contributed by atoms with E-state index in [2.05, 4.69) is 23.8 Å². The van der Waals surface area contributed by atoms with Gasteiger partial charge in [-0.1, -0.05) is 13.8 Å². The van der Waals surface area contributed by atoms with Crippen LogP contribution in [0.25, 0.3) is 11.2 Å². The molecule has 0 amide bonds. The number of aryl methyl sites for hydroxylation is 2. The van der Waals surface area contributed by atoms with Crippen LogP contribution in [-0.2, 0) is 17.8 Å². The number of oxazole rings is 1. The van der Waals surface area contributed by atoms with E-state index in [0.717, 1.165) is 6.42 Å². The lowest BCUT2D eigenvalue weighted by Gasteiger charge is -2.05. The molecule has 0 bridgehead atoms. The summed E-state index contributed by atoms with van der Waals surface area (Å²) in [6.45, 7) is 6.75. The summed E-state index contributed by atoms with van der Waals surface area (Å²) in [5, 5.41) is 0. The van der Waals surface area contributed by atoms with Crippen LogP contribution in [0.4, 0.5) is 0 Å². The Bertz CT molecular complexity index is 996. The monoisotopic (exact) mass is 358 g/mol. The van der Waals surface area contributed by atoms with Crippen molar-refractivity contribution in [2.75, 3.05) is 7.11 Å². The second-order valence-electron chi connectivity index (χ2n) is 6.62. The summed E-state index contributed by atoms with van der Waals surface area (Å²) in [6, 6.07) is 1.63. The van der Waals surface area contributed by atoms with Gasteiger partial charge in [0.05, 0.1) is 30.4 Å². The first kappa shape index (κ1) is 17.9. The van der Waals surface area contributed by atoms with Crippen molar-refractivity contribution in [1.29, 1.82) is 0 Å². The number of methoxy groups -OCH3 is 1. The smallest absolute Gasteiger partial charge is 0.339 e. The average Bonchev–Trinajstić information content (AvgIpc) is 3.14. The van der Waals surface area contributed by atoms with Crippen LogP contribution in [0.15, 0.2) is 27.7 Å². The van der Waals surface area contributed by atoms with Gasteiger partial charge < -0.3 is 9.15 Å². The number of carbonyl (C=O) groups excluding carboxylic acids is 1. The first-order valence-electron chi connectivity index (χ1n) is 8.49. The number of esters is 1. The third-order valence-electron chi connectivity index (χ3n) is 4.19. The molecule has 138 valence electrons. The number of hydrogen-bond donors (Lipinski definition) is 0. The lowest BCUT2D eigenvalue weighted by molar-refractivity contribution is 0.0600. The zero-order chi connectivity index (χ0) is 18.8. The standard InChI is InChI=1S/C18H22N4O4/c1-11(2)5-6-21-16-15(7-13(8-19-16)17(23)25-4)22(18(21)24)9-14-10-26-12(3)20-14/h7-8,10-11H,5-6,9H2,1-4H3. The molecule has 0 atom stereocenters. The predicted octanol–water partition coefficient (Wildman–Crippen LogP) is 2.38. The largest absolute Gasteiger partial charge is 0.465 e. The first-order chi connectivity index (χ1) is 12.4. The molecule has 3 aromatic rings. The van der Waals surface area contributed by atoms with Gasteiger partial charge in [0.25, 0.3) is 0 Å². The summed E-state index contributed by atoms with van der Waals surface area (Å²) in [5.74, 6) is 0.489. The van der Waals surface area contributed by atoms with Crippen LogP contribution >= 0.6 is 0 Å². The Morgan fingerprint density at radius 1 is 1.35 bits per heavy atom. The van der Waals surface area contributed by atoms with Crippen molar-refractivity contribution in [2.45, 2.75) is 40.3 Å². The molecule has 3 heterocycles. The van der Waals surface area contributed by atoms with Crippen molar-refractivity contribution in [3.05, 3.63) is 46.2 Å². The maximum atomic E-state index is 13.0. The zero-order valence-electron chi connectivity index (χ0n) is 15.4. The van der Waals surface area contributed by atoms with Gasteiger partial charge in [-0.3, -0.25) is 9.13 Å². The highest BCUT2D eigenvalue weighted by molar-refractivity contribution is 5.92. The molecule has 0 radical (unpaired) electrons. The van der Waals surface area contributed by atoms with Gasteiger partial charge in [-0.05, 0) is 18.4 Å².